The molecule has 1 atom stereocenters. The summed E-state index contributed by atoms with van der Waals surface area (Å²) in [6, 6.07) is 9.71. The van der Waals surface area contributed by atoms with Gasteiger partial charge in [-0.2, -0.15) is 0 Å². The van der Waals surface area contributed by atoms with E-state index in [1.54, 1.807) is 0 Å². The van der Waals surface area contributed by atoms with E-state index in [0.717, 1.165) is 33.5 Å². The Labute approximate surface area is 135 Å². The summed E-state index contributed by atoms with van der Waals surface area (Å²) in [5.74, 6) is 0.0817. The van der Waals surface area contributed by atoms with Crippen molar-refractivity contribution in [2.45, 2.75) is 44.2 Å². The van der Waals surface area contributed by atoms with E-state index in [2.05, 4.69) is 15.3 Å². The Hall–Kier alpha value is -1.88. The lowest BCUT2D eigenvalue weighted by Crippen LogP contribution is -2.19. The van der Waals surface area contributed by atoms with Gasteiger partial charge in [-0.25, -0.2) is 9.97 Å². The molecule has 0 saturated heterocycles. The van der Waals surface area contributed by atoms with Gasteiger partial charge in [-0.05, 0) is 62.4 Å². The molecule has 0 aliphatic carbocycles. The fourth-order valence-corrected chi connectivity index (χ4v) is 2.76. The second kappa shape index (κ2) is 7.40. The normalized spacial score (nSPS) is 12.0. The number of nitrogens with one attached hydrogen (secondary N) is 1. The summed E-state index contributed by atoms with van der Waals surface area (Å²) in [6.07, 6.45) is 0.837. The standard InChI is InChI=1S/C17H21N3OS/c1-5-11(2)16(21)20-14-6-8-15(9-7-14)22-17-18-12(3)10-13(4)19-17/h6-11H,5H2,1-4H3,(H,20,21)/t11-/m0/s1. The summed E-state index contributed by atoms with van der Waals surface area (Å²) in [5.41, 5.74) is 2.75. The third kappa shape index (κ3) is 4.56. The topological polar surface area (TPSA) is 54.9 Å². The van der Waals surface area contributed by atoms with Crippen LogP contribution >= 0.6 is 11.8 Å². The molecule has 5 heteroatoms. The molecule has 1 amide bonds. The average Bonchev–Trinajstić information content (AvgIpc) is 2.47. The summed E-state index contributed by atoms with van der Waals surface area (Å²) in [4.78, 5) is 21.7. The molecule has 1 heterocycles. The Bertz CT molecular complexity index is 635. The predicted molar refractivity (Wildman–Crippen MR) is 90.2 cm³/mol. The zero-order chi connectivity index (χ0) is 16.1. The summed E-state index contributed by atoms with van der Waals surface area (Å²) in [6.45, 7) is 7.86. The average molecular weight is 315 g/mol. The fourth-order valence-electron chi connectivity index (χ4n) is 1.90. The molecule has 116 valence electrons. The van der Waals surface area contributed by atoms with Crippen molar-refractivity contribution in [2.24, 2.45) is 5.92 Å². The maximum atomic E-state index is 11.9. The van der Waals surface area contributed by atoms with Gasteiger partial charge in [-0.3, -0.25) is 4.79 Å². The van der Waals surface area contributed by atoms with Gasteiger partial charge in [0.1, 0.15) is 0 Å². The highest BCUT2D eigenvalue weighted by Gasteiger charge is 2.10. The largest absolute Gasteiger partial charge is 0.326 e. The number of carbonyl (C=O) groups is 1. The molecule has 1 N–H and O–H groups in total. The van der Waals surface area contributed by atoms with Crippen LogP contribution in [0.1, 0.15) is 31.7 Å². The van der Waals surface area contributed by atoms with Gasteiger partial charge in [0.2, 0.25) is 5.91 Å². The number of carbonyl (C=O) groups excluding carboxylic acids is 1. The highest BCUT2D eigenvalue weighted by molar-refractivity contribution is 7.99. The lowest BCUT2D eigenvalue weighted by molar-refractivity contribution is -0.119. The second-order valence-electron chi connectivity index (χ2n) is 5.36. The number of aromatic nitrogens is 2. The first-order valence-electron chi connectivity index (χ1n) is 7.39. The zero-order valence-corrected chi connectivity index (χ0v) is 14.2. The van der Waals surface area contributed by atoms with Crippen molar-refractivity contribution in [3.63, 3.8) is 0 Å². The number of aryl methyl sites for hydroxylation is 2. The number of anilines is 1. The zero-order valence-electron chi connectivity index (χ0n) is 13.4. The van der Waals surface area contributed by atoms with Crippen molar-refractivity contribution in [3.05, 3.63) is 41.7 Å². The van der Waals surface area contributed by atoms with Crippen molar-refractivity contribution >= 4 is 23.4 Å². The van der Waals surface area contributed by atoms with Crippen LogP contribution in [0.3, 0.4) is 0 Å². The highest BCUT2D eigenvalue weighted by Crippen LogP contribution is 2.26. The Morgan fingerprint density at radius 2 is 1.77 bits per heavy atom. The van der Waals surface area contributed by atoms with E-state index in [4.69, 9.17) is 0 Å². The highest BCUT2D eigenvalue weighted by atomic mass is 32.2. The lowest BCUT2D eigenvalue weighted by Gasteiger charge is -2.10. The molecular weight excluding hydrogens is 294 g/mol. The number of rotatable bonds is 5. The van der Waals surface area contributed by atoms with Crippen LogP contribution in [0, 0.1) is 19.8 Å². The summed E-state index contributed by atoms with van der Waals surface area (Å²) in [7, 11) is 0. The van der Waals surface area contributed by atoms with Crippen LogP contribution in [0.4, 0.5) is 5.69 Å². The molecular formula is C17H21N3OS. The van der Waals surface area contributed by atoms with E-state index >= 15 is 0 Å². The predicted octanol–water partition coefficient (Wildman–Crippen LogP) is 4.23. The molecule has 2 aromatic rings. The second-order valence-corrected chi connectivity index (χ2v) is 6.40. The van der Waals surface area contributed by atoms with E-state index in [9.17, 15) is 4.79 Å². The van der Waals surface area contributed by atoms with E-state index in [1.165, 1.54) is 11.8 Å². The van der Waals surface area contributed by atoms with Crippen molar-refractivity contribution in [1.82, 2.24) is 9.97 Å². The maximum absolute atomic E-state index is 11.9. The molecule has 0 saturated carbocycles. The third-order valence-electron chi connectivity index (χ3n) is 3.35. The molecule has 0 radical (unpaired) electrons. The third-order valence-corrected chi connectivity index (χ3v) is 4.23. The van der Waals surface area contributed by atoms with Crippen molar-refractivity contribution in [1.29, 1.82) is 0 Å². The fraction of sp³-hybridized carbons (Fsp3) is 0.353. The van der Waals surface area contributed by atoms with Gasteiger partial charge in [-0.1, -0.05) is 13.8 Å². The van der Waals surface area contributed by atoms with Gasteiger partial charge >= 0.3 is 0 Å². The number of benzene rings is 1. The maximum Gasteiger partial charge on any atom is 0.227 e. The van der Waals surface area contributed by atoms with Gasteiger partial charge in [0.05, 0.1) is 0 Å². The van der Waals surface area contributed by atoms with Gasteiger partial charge < -0.3 is 5.32 Å². The minimum absolute atomic E-state index is 0.0257. The van der Waals surface area contributed by atoms with Crippen molar-refractivity contribution in [2.75, 3.05) is 5.32 Å². The first-order valence-corrected chi connectivity index (χ1v) is 8.20. The van der Waals surface area contributed by atoms with E-state index in [-0.39, 0.29) is 11.8 Å². The van der Waals surface area contributed by atoms with E-state index in [1.807, 2.05) is 58.0 Å². The molecule has 0 fully saturated rings. The van der Waals surface area contributed by atoms with Crippen molar-refractivity contribution in [3.8, 4) is 0 Å². The molecule has 1 aromatic carbocycles. The van der Waals surface area contributed by atoms with Crippen LogP contribution in [0.2, 0.25) is 0 Å². The van der Waals surface area contributed by atoms with Crippen LogP contribution in [-0.4, -0.2) is 15.9 Å². The molecule has 2 rings (SSSR count). The van der Waals surface area contributed by atoms with Crippen LogP contribution < -0.4 is 5.32 Å². The van der Waals surface area contributed by atoms with E-state index < -0.39 is 0 Å². The van der Waals surface area contributed by atoms with Gasteiger partial charge in [0, 0.05) is 27.9 Å². The van der Waals surface area contributed by atoms with Crippen molar-refractivity contribution < 1.29 is 4.79 Å². The Balaban J connectivity index is 2.04. The number of amides is 1. The van der Waals surface area contributed by atoms with Crippen LogP contribution in [0.15, 0.2) is 40.4 Å². The first kappa shape index (κ1) is 16.5. The van der Waals surface area contributed by atoms with Crippen LogP contribution in [0.5, 0.6) is 0 Å². The SMILES string of the molecule is CC[C@H](C)C(=O)Nc1ccc(Sc2nc(C)cc(C)n2)cc1. The Morgan fingerprint density at radius 3 is 2.32 bits per heavy atom. The number of hydrogen-bond donors (Lipinski definition) is 1. The quantitative estimate of drug-likeness (QED) is 0.839. The molecule has 0 bridgehead atoms. The van der Waals surface area contributed by atoms with E-state index in [0.29, 0.717) is 0 Å². The summed E-state index contributed by atoms with van der Waals surface area (Å²) >= 11 is 1.52. The minimum atomic E-state index is 0.0257. The van der Waals surface area contributed by atoms with Gasteiger partial charge in [-0.15, -0.1) is 0 Å². The molecule has 0 aliphatic rings. The lowest BCUT2D eigenvalue weighted by atomic mass is 10.1. The smallest absolute Gasteiger partial charge is 0.227 e. The molecule has 0 unspecified atom stereocenters. The van der Waals surface area contributed by atoms with Crippen LogP contribution in [-0.2, 0) is 4.79 Å². The van der Waals surface area contributed by atoms with Gasteiger partial charge in [0.15, 0.2) is 5.16 Å². The number of nitrogens with zero attached hydrogens (tertiary/aromatic N) is 2. The monoisotopic (exact) mass is 315 g/mol. The Morgan fingerprint density at radius 1 is 1.18 bits per heavy atom. The minimum Gasteiger partial charge on any atom is -0.326 e. The first-order chi connectivity index (χ1) is 10.5. The molecule has 0 aliphatic heterocycles. The molecule has 1 aromatic heterocycles. The molecule has 0 spiro atoms. The van der Waals surface area contributed by atoms with Gasteiger partial charge in [0.25, 0.3) is 0 Å². The molecule has 22 heavy (non-hydrogen) atoms. The number of hydrogen-bond acceptors (Lipinski definition) is 4. The van der Waals surface area contributed by atoms with Crippen LogP contribution in [0.25, 0.3) is 0 Å². The molecule has 4 nitrogen and oxygen atoms in total. The Kier molecular flexibility index (Phi) is 5.55. The summed E-state index contributed by atoms with van der Waals surface area (Å²) < 4.78 is 0. The summed E-state index contributed by atoms with van der Waals surface area (Å²) in [5, 5.41) is 3.67.